The molecule has 0 radical (unpaired) electrons. The minimum absolute atomic E-state index is 0.0621. The van der Waals surface area contributed by atoms with E-state index >= 15 is 0 Å². The van der Waals surface area contributed by atoms with Gasteiger partial charge in [0.25, 0.3) is 5.91 Å². The first kappa shape index (κ1) is 18.4. The zero-order chi connectivity index (χ0) is 19.4. The van der Waals surface area contributed by atoms with Crippen molar-refractivity contribution in [3.05, 3.63) is 83.7 Å². The van der Waals surface area contributed by atoms with Crippen LogP contribution in [0.3, 0.4) is 0 Å². The van der Waals surface area contributed by atoms with E-state index in [1.54, 1.807) is 12.3 Å². The van der Waals surface area contributed by atoms with Crippen LogP contribution in [0.25, 0.3) is 0 Å². The Labute approximate surface area is 154 Å². The standard InChI is InChI=1S/C20H16F3N3O/c1-13-5-2-3-8-18(13)25-17-9-14(11-24-12-17)19(27)26-16-7-4-6-15(10-16)20(21,22)23/h2-12,25H,1H3,(H,26,27). The number of halogens is 3. The third-order valence-corrected chi connectivity index (χ3v) is 3.87. The number of hydrogen-bond acceptors (Lipinski definition) is 3. The molecule has 0 aliphatic heterocycles. The molecule has 4 nitrogen and oxygen atoms in total. The van der Waals surface area contributed by atoms with Crippen molar-refractivity contribution in [1.29, 1.82) is 0 Å². The number of carbonyl (C=O) groups is 1. The second-order valence-corrected chi connectivity index (χ2v) is 5.93. The summed E-state index contributed by atoms with van der Waals surface area (Å²) in [7, 11) is 0. The number of aryl methyl sites for hydroxylation is 1. The second kappa shape index (κ2) is 7.49. The lowest BCUT2D eigenvalue weighted by Crippen LogP contribution is -2.13. The number of hydrogen-bond donors (Lipinski definition) is 2. The Morgan fingerprint density at radius 2 is 1.74 bits per heavy atom. The molecule has 1 heterocycles. The van der Waals surface area contributed by atoms with Crippen molar-refractivity contribution >= 4 is 23.0 Å². The highest BCUT2D eigenvalue weighted by atomic mass is 19.4. The Morgan fingerprint density at radius 1 is 0.963 bits per heavy atom. The van der Waals surface area contributed by atoms with E-state index in [-0.39, 0.29) is 11.3 Å². The number of para-hydroxylation sites is 1. The van der Waals surface area contributed by atoms with Crippen LogP contribution in [0.15, 0.2) is 67.0 Å². The topological polar surface area (TPSA) is 54.0 Å². The third kappa shape index (κ3) is 4.63. The number of benzene rings is 2. The predicted octanol–water partition coefficient (Wildman–Crippen LogP) is 5.40. The van der Waals surface area contributed by atoms with E-state index < -0.39 is 17.6 Å². The van der Waals surface area contributed by atoms with Crippen LogP contribution in [0, 0.1) is 6.92 Å². The lowest BCUT2D eigenvalue weighted by Gasteiger charge is -2.11. The number of anilines is 3. The van der Waals surface area contributed by atoms with E-state index in [2.05, 4.69) is 15.6 Å². The molecule has 1 amide bonds. The van der Waals surface area contributed by atoms with E-state index in [1.165, 1.54) is 18.3 Å². The first-order valence-electron chi connectivity index (χ1n) is 8.09. The Balaban J connectivity index is 1.77. The number of rotatable bonds is 4. The summed E-state index contributed by atoms with van der Waals surface area (Å²) in [6.07, 6.45) is -1.56. The molecule has 3 aromatic rings. The molecule has 0 aliphatic rings. The van der Waals surface area contributed by atoms with Gasteiger partial charge in [-0.05, 0) is 42.8 Å². The van der Waals surface area contributed by atoms with Crippen LogP contribution in [-0.2, 0) is 6.18 Å². The highest BCUT2D eigenvalue weighted by molar-refractivity contribution is 6.04. The lowest BCUT2D eigenvalue weighted by molar-refractivity contribution is -0.137. The monoisotopic (exact) mass is 371 g/mol. The quantitative estimate of drug-likeness (QED) is 0.645. The maximum atomic E-state index is 12.8. The van der Waals surface area contributed by atoms with Crippen molar-refractivity contribution < 1.29 is 18.0 Å². The molecule has 2 N–H and O–H groups in total. The molecule has 1 aromatic heterocycles. The molecular weight excluding hydrogens is 355 g/mol. The highest BCUT2D eigenvalue weighted by Gasteiger charge is 2.30. The van der Waals surface area contributed by atoms with Crippen LogP contribution < -0.4 is 10.6 Å². The average Bonchev–Trinajstić information content (AvgIpc) is 2.63. The largest absolute Gasteiger partial charge is 0.416 e. The summed E-state index contributed by atoms with van der Waals surface area (Å²) >= 11 is 0. The molecule has 138 valence electrons. The van der Waals surface area contributed by atoms with Gasteiger partial charge in [-0.1, -0.05) is 24.3 Å². The summed E-state index contributed by atoms with van der Waals surface area (Å²) in [5, 5.41) is 5.64. The summed E-state index contributed by atoms with van der Waals surface area (Å²) in [5.41, 5.74) is 1.96. The van der Waals surface area contributed by atoms with Crippen molar-refractivity contribution in [3.63, 3.8) is 0 Å². The lowest BCUT2D eigenvalue weighted by atomic mass is 10.1. The van der Waals surface area contributed by atoms with E-state index in [0.717, 1.165) is 23.4 Å². The van der Waals surface area contributed by atoms with Crippen molar-refractivity contribution in [2.75, 3.05) is 10.6 Å². The smallest absolute Gasteiger partial charge is 0.354 e. The van der Waals surface area contributed by atoms with Crippen LogP contribution in [0.4, 0.5) is 30.2 Å². The molecular formula is C20H16F3N3O. The molecule has 27 heavy (non-hydrogen) atoms. The zero-order valence-electron chi connectivity index (χ0n) is 14.3. The van der Waals surface area contributed by atoms with Gasteiger partial charge in [0.1, 0.15) is 0 Å². The van der Waals surface area contributed by atoms with Gasteiger partial charge in [0.15, 0.2) is 0 Å². The summed E-state index contributed by atoms with van der Waals surface area (Å²) in [6.45, 7) is 1.94. The molecule has 0 spiro atoms. The molecule has 0 unspecified atom stereocenters. The fraction of sp³-hybridized carbons (Fsp3) is 0.100. The molecule has 2 aromatic carbocycles. The number of nitrogens with one attached hydrogen (secondary N) is 2. The van der Waals surface area contributed by atoms with E-state index in [9.17, 15) is 18.0 Å². The van der Waals surface area contributed by atoms with Gasteiger partial charge in [-0.25, -0.2) is 0 Å². The van der Waals surface area contributed by atoms with Gasteiger partial charge in [0.2, 0.25) is 0 Å². The van der Waals surface area contributed by atoms with Crippen LogP contribution in [-0.4, -0.2) is 10.9 Å². The maximum Gasteiger partial charge on any atom is 0.416 e. The van der Waals surface area contributed by atoms with Crippen LogP contribution in [0.2, 0.25) is 0 Å². The number of pyridine rings is 1. The number of nitrogens with zero attached hydrogens (tertiary/aromatic N) is 1. The fourth-order valence-corrected chi connectivity index (χ4v) is 2.48. The molecule has 0 fully saturated rings. The summed E-state index contributed by atoms with van der Waals surface area (Å²) in [5.74, 6) is -0.546. The Hall–Kier alpha value is -3.35. The Morgan fingerprint density at radius 3 is 2.48 bits per heavy atom. The van der Waals surface area contributed by atoms with Crippen molar-refractivity contribution in [2.24, 2.45) is 0 Å². The minimum atomic E-state index is -4.47. The van der Waals surface area contributed by atoms with Gasteiger partial charge >= 0.3 is 6.18 Å². The molecule has 0 bridgehead atoms. The Bertz CT molecular complexity index is 970. The van der Waals surface area contributed by atoms with Crippen molar-refractivity contribution in [2.45, 2.75) is 13.1 Å². The van der Waals surface area contributed by atoms with Gasteiger partial charge in [0.05, 0.1) is 23.0 Å². The fourth-order valence-electron chi connectivity index (χ4n) is 2.48. The summed E-state index contributed by atoms with van der Waals surface area (Å²) in [4.78, 5) is 16.4. The summed E-state index contributed by atoms with van der Waals surface area (Å²) in [6, 6.07) is 13.7. The normalized spacial score (nSPS) is 11.1. The molecule has 0 saturated heterocycles. The van der Waals surface area contributed by atoms with E-state index in [0.29, 0.717) is 5.69 Å². The van der Waals surface area contributed by atoms with Crippen molar-refractivity contribution in [1.82, 2.24) is 4.98 Å². The first-order valence-corrected chi connectivity index (χ1v) is 8.09. The first-order chi connectivity index (χ1) is 12.8. The van der Waals surface area contributed by atoms with Gasteiger partial charge in [-0.15, -0.1) is 0 Å². The van der Waals surface area contributed by atoms with Gasteiger partial charge in [0, 0.05) is 17.6 Å². The zero-order valence-corrected chi connectivity index (χ0v) is 14.3. The van der Waals surface area contributed by atoms with Gasteiger partial charge in [-0.3, -0.25) is 9.78 Å². The van der Waals surface area contributed by atoms with Gasteiger partial charge in [-0.2, -0.15) is 13.2 Å². The number of carbonyl (C=O) groups excluding carboxylic acids is 1. The maximum absolute atomic E-state index is 12.8. The van der Waals surface area contributed by atoms with Gasteiger partial charge < -0.3 is 10.6 Å². The Kier molecular flexibility index (Phi) is 5.12. The number of alkyl halides is 3. The molecule has 7 heteroatoms. The molecule has 0 saturated carbocycles. The van der Waals surface area contributed by atoms with Crippen LogP contribution >= 0.6 is 0 Å². The second-order valence-electron chi connectivity index (χ2n) is 5.93. The molecule has 3 rings (SSSR count). The highest BCUT2D eigenvalue weighted by Crippen LogP contribution is 2.30. The van der Waals surface area contributed by atoms with Crippen LogP contribution in [0.1, 0.15) is 21.5 Å². The minimum Gasteiger partial charge on any atom is -0.354 e. The average molecular weight is 371 g/mol. The summed E-state index contributed by atoms with van der Waals surface area (Å²) < 4.78 is 38.4. The SMILES string of the molecule is Cc1ccccc1Nc1cncc(C(=O)Nc2cccc(C(F)(F)F)c2)c1. The predicted molar refractivity (Wildman–Crippen MR) is 98.1 cm³/mol. The number of amides is 1. The van der Waals surface area contributed by atoms with Crippen molar-refractivity contribution in [3.8, 4) is 0 Å². The molecule has 0 aliphatic carbocycles. The van der Waals surface area contributed by atoms with Crippen LogP contribution in [0.5, 0.6) is 0 Å². The van der Waals surface area contributed by atoms with E-state index in [4.69, 9.17) is 0 Å². The molecule has 0 atom stereocenters. The third-order valence-electron chi connectivity index (χ3n) is 3.87. The van der Waals surface area contributed by atoms with E-state index in [1.807, 2.05) is 31.2 Å². The number of aromatic nitrogens is 1.